The minimum absolute atomic E-state index is 0.0101. The Labute approximate surface area is 216 Å². The van der Waals surface area contributed by atoms with Crippen LogP contribution in [0.3, 0.4) is 0 Å². The summed E-state index contributed by atoms with van der Waals surface area (Å²) < 4.78 is 96.3. The molecule has 0 aliphatic rings. The maximum atomic E-state index is 13.9. The third-order valence-electron chi connectivity index (χ3n) is 5.85. The molecule has 206 valence electrons. The molecule has 0 spiro atoms. The number of carbonyl (C=O) groups excluding carboxylic acids is 1. The summed E-state index contributed by atoms with van der Waals surface area (Å²) in [6, 6.07) is 10.1. The van der Waals surface area contributed by atoms with Gasteiger partial charge in [0.1, 0.15) is 17.1 Å². The van der Waals surface area contributed by atoms with E-state index in [0.717, 1.165) is 31.4 Å². The second kappa shape index (κ2) is 12.4. The fourth-order valence-electron chi connectivity index (χ4n) is 3.98. The van der Waals surface area contributed by atoms with E-state index in [1.54, 1.807) is 12.1 Å². The molecule has 3 rings (SSSR count). The molecule has 0 saturated heterocycles. The predicted molar refractivity (Wildman–Crippen MR) is 131 cm³/mol. The average molecular weight is 543 g/mol. The molecule has 0 saturated carbocycles. The summed E-state index contributed by atoms with van der Waals surface area (Å²) in [6.07, 6.45) is -6.27. The number of rotatable bonds is 12. The van der Waals surface area contributed by atoms with Crippen LogP contribution in [0, 0.1) is 5.92 Å². The van der Waals surface area contributed by atoms with Crippen molar-refractivity contribution < 1.29 is 45.0 Å². The third-order valence-corrected chi connectivity index (χ3v) is 5.85. The monoisotopic (exact) mass is 542 g/mol. The van der Waals surface area contributed by atoms with Crippen LogP contribution in [-0.2, 0) is 22.1 Å². The quantitative estimate of drug-likeness (QED) is 0.0996. The lowest BCUT2D eigenvalue weighted by molar-refractivity contribution is -0.157. The Bertz CT molecular complexity index is 1240. The Morgan fingerprint density at radius 1 is 1.03 bits per heavy atom. The molecular weight excluding hydrogens is 514 g/mol. The summed E-state index contributed by atoms with van der Waals surface area (Å²) in [4.78, 5) is 11.2. The van der Waals surface area contributed by atoms with Crippen LogP contribution in [-0.4, -0.2) is 25.4 Å². The molecule has 38 heavy (non-hydrogen) atoms. The first kappa shape index (κ1) is 29.1. The summed E-state index contributed by atoms with van der Waals surface area (Å²) in [6.45, 7) is 4.28. The molecule has 2 aromatic carbocycles. The fraction of sp³-hybridized carbons (Fsp3) is 0.393. The van der Waals surface area contributed by atoms with Crippen LogP contribution in [0.4, 0.5) is 26.3 Å². The largest absolute Gasteiger partial charge is 0.493 e. The van der Waals surface area contributed by atoms with Crippen LogP contribution in [0.25, 0.3) is 22.3 Å². The van der Waals surface area contributed by atoms with Gasteiger partial charge in [-0.05, 0) is 42.7 Å². The molecular formula is C28H28F6O4. The van der Waals surface area contributed by atoms with E-state index in [1.165, 1.54) is 24.3 Å². The van der Waals surface area contributed by atoms with Crippen molar-refractivity contribution in [1.29, 1.82) is 0 Å². The number of hydrogen-bond acceptors (Lipinski definition) is 4. The number of ether oxygens (including phenoxy) is 2. The normalized spacial score (nSPS) is 12.9. The highest BCUT2D eigenvalue weighted by Crippen LogP contribution is 2.40. The van der Waals surface area contributed by atoms with Gasteiger partial charge in [0.2, 0.25) is 0 Å². The molecule has 0 aliphatic carbocycles. The first-order valence-electron chi connectivity index (χ1n) is 12.1. The van der Waals surface area contributed by atoms with Crippen LogP contribution in [0.1, 0.15) is 43.7 Å². The zero-order chi connectivity index (χ0) is 27.9. The van der Waals surface area contributed by atoms with Gasteiger partial charge in [-0.3, -0.25) is 0 Å². The van der Waals surface area contributed by atoms with Crippen LogP contribution >= 0.6 is 0 Å². The SMILES string of the molecule is C=CC(=O)OCC(COc1ccc2cc(-c3ccc(CCCCC)cc3C(F)(F)F)oc2c1)CC(F)(F)F. The van der Waals surface area contributed by atoms with E-state index >= 15 is 0 Å². The standard InChI is InChI=1S/C28H28F6O4/c1-3-5-6-7-18-8-11-22(23(12-18)28(32,33)34)25-13-20-9-10-21(14-24(20)38-25)36-16-19(15-27(29,30)31)17-37-26(35)4-2/h4,8-14,19H,2-3,5-7,15-17H2,1H3. The van der Waals surface area contributed by atoms with E-state index in [-0.39, 0.29) is 22.7 Å². The number of unbranched alkanes of at least 4 members (excludes halogenated alkanes) is 2. The van der Waals surface area contributed by atoms with Gasteiger partial charge in [0.05, 0.1) is 25.2 Å². The van der Waals surface area contributed by atoms with E-state index in [1.807, 2.05) is 6.92 Å². The predicted octanol–water partition coefficient (Wildman–Crippen LogP) is 8.53. The summed E-state index contributed by atoms with van der Waals surface area (Å²) in [5.74, 6) is -1.86. The van der Waals surface area contributed by atoms with Crippen molar-refractivity contribution in [3.8, 4) is 17.1 Å². The molecule has 0 radical (unpaired) electrons. The number of halogens is 6. The Morgan fingerprint density at radius 3 is 2.45 bits per heavy atom. The zero-order valence-electron chi connectivity index (χ0n) is 20.8. The smallest absolute Gasteiger partial charge is 0.417 e. The van der Waals surface area contributed by atoms with Crippen molar-refractivity contribution in [1.82, 2.24) is 0 Å². The van der Waals surface area contributed by atoms with E-state index in [9.17, 15) is 31.1 Å². The molecule has 0 bridgehead atoms. The molecule has 1 heterocycles. The van der Waals surface area contributed by atoms with Gasteiger partial charge in [-0.25, -0.2) is 4.79 Å². The average Bonchev–Trinajstić information content (AvgIpc) is 3.27. The Balaban J connectivity index is 1.81. The molecule has 0 aliphatic heterocycles. The maximum Gasteiger partial charge on any atom is 0.417 e. The molecule has 0 amide bonds. The van der Waals surface area contributed by atoms with Gasteiger partial charge < -0.3 is 13.9 Å². The summed E-state index contributed by atoms with van der Waals surface area (Å²) in [5, 5.41) is 0.499. The number of carbonyl (C=O) groups is 1. The molecule has 0 N–H and O–H groups in total. The van der Waals surface area contributed by atoms with Crippen molar-refractivity contribution in [3.05, 3.63) is 66.2 Å². The Hall–Kier alpha value is -3.43. The molecule has 0 fully saturated rings. The maximum absolute atomic E-state index is 13.9. The van der Waals surface area contributed by atoms with Gasteiger partial charge in [-0.2, -0.15) is 26.3 Å². The Morgan fingerprint density at radius 2 is 1.79 bits per heavy atom. The summed E-state index contributed by atoms with van der Waals surface area (Å²) in [5.41, 5.74) is -0.104. The summed E-state index contributed by atoms with van der Waals surface area (Å²) in [7, 11) is 0. The lowest BCUT2D eigenvalue weighted by Crippen LogP contribution is -2.25. The minimum Gasteiger partial charge on any atom is -0.493 e. The highest BCUT2D eigenvalue weighted by atomic mass is 19.4. The van der Waals surface area contributed by atoms with Crippen molar-refractivity contribution in [2.24, 2.45) is 5.92 Å². The van der Waals surface area contributed by atoms with Gasteiger partial charge in [0, 0.05) is 29.0 Å². The fourth-order valence-corrected chi connectivity index (χ4v) is 3.98. The third kappa shape index (κ3) is 8.29. The highest BCUT2D eigenvalue weighted by Gasteiger charge is 2.35. The van der Waals surface area contributed by atoms with E-state index in [4.69, 9.17) is 13.9 Å². The number of fused-ring (bicyclic) bond motifs is 1. The van der Waals surface area contributed by atoms with Crippen LogP contribution < -0.4 is 4.74 Å². The first-order valence-corrected chi connectivity index (χ1v) is 12.1. The van der Waals surface area contributed by atoms with Crippen LogP contribution in [0.5, 0.6) is 5.75 Å². The van der Waals surface area contributed by atoms with Gasteiger partial charge in [-0.1, -0.05) is 38.5 Å². The van der Waals surface area contributed by atoms with Crippen LogP contribution in [0.2, 0.25) is 0 Å². The zero-order valence-corrected chi connectivity index (χ0v) is 20.8. The van der Waals surface area contributed by atoms with Gasteiger partial charge in [0.15, 0.2) is 0 Å². The lowest BCUT2D eigenvalue weighted by Gasteiger charge is -2.19. The number of hydrogen-bond donors (Lipinski definition) is 0. The number of aryl methyl sites for hydroxylation is 1. The number of esters is 1. The molecule has 1 unspecified atom stereocenters. The first-order chi connectivity index (χ1) is 17.9. The van der Waals surface area contributed by atoms with E-state index in [2.05, 4.69) is 6.58 Å². The highest BCUT2D eigenvalue weighted by molar-refractivity contribution is 5.84. The van der Waals surface area contributed by atoms with Gasteiger partial charge >= 0.3 is 18.3 Å². The Kier molecular flexibility index (Phi) is 9.51. The molecule has 1 atom stereocenters. The van der Waals surface area contributed by atoms with Crippen molar-refractivity contribution in [2.45, 2.75) is 51.4 Å². The summed E-state index contributed by atoms with van der Waals surface area (Å²) >= 11 is 0. The molecule has 4 nitrogen and oxygen atoms in total. The number of alkyl halides is 6. The van der Waals surface area contributed by atoms with Crippen molar-refractivity contribution >= 4 is 16.9 Å². The topological polar surface area (TPSA) is 48.7 Å². The second-order valence-corrected chi connectivity index (χ2v) is 8.98. The molecule has 10 heteroatoms. The van der Waals surface area contributed by atoms with Crippen molar-refractivity contribution in [2.75, 3.05) is 13.2 Å². The molecule has 1 aromatic heterocycles. The van der Waals surface area contributed by atoms with E-state index in [0.29, 0.717) is 17.4 Å². The molecule has 3 aromatic rings. The lowest BCUT2D eigenvalue weighted by atomic mass is 9.98. The van der Waals surface area contributed by atoms with Crippen molar-refractivity contribution in [3.63, 3.8) is 0 Å². The van der Waals surface area contributed by atoms with E-state index < -0.39 is 49.4 Å². The van der Waals surface area contributed by atoms with Gasteiger partial charge in [-0.15, -0.1) is 0 Å². The number of furan rings is 1. The van der Waals surface area contributed by atoms with Gasteiger partial charge in [0.25, 0.3) is 0 Å². The minimum atomic E-state index is -4.59. The second-order valence-electron chi connectivity index (χ2n) is 8.98. The van der Waals surface area contributed by atoms with Crippen LogP contribution in [0.15, 0.2) is 59.5 Å². The number of benzene rings is 2.